The van der Waals surface area contributed by atoms with Gasteiger partial charge in [-0.05, 0) is 30.2 Å². The molecular formula is C22H24F5N5. The van der Waals surface area contributed by atoms with Crippen LogP contribution in [0.2, 0.25) is 0 Å². The van der Waals surface area contributed by atoms with Crippen LogP contribution < -0.4 is 4.90 Å². The highest BCUT2D eigenvalue weighted by Gasteiger charge is 2.38. The molecule has 0 saturated carbocycles. The van der Waals surface area contributed by atoms with Crippen LogP contribution in [0.5, 0.6) is 0 Å². The first-order valence-electron chi connectivity index (χ1n) is 10.6. The van der Waals surface area contributed by atoms with Crippen molar-refractivity contribution in [2.75, 3.05) is 31.1 Å². The number of anilines is 1. The third-order valence-electron chi connectivity index (χ3n) is 5.79. The minimum Gasteiger partial charge on any atom is -0.367 e. The molecule has 0 unspecified atom stereocenters. The second kappa shape index (κ2) is 9.01. The number of hydrogen-bond donors (Lipinski definition) is 0. The van der Waals surface area contributed by atoms with Crippen molar-refractivity contribution >= 4 is 11.3 Å². The lowest BCUT2D eigenvalue weighted by Gasteiger charge is -2.36. The first-order chi connectivity index (χ1) is 15.3. The molecule has 0 aliphatic carbocycles. The summed E-state index contributed by atoms with van der Waals surface area (Å²) < 4.78 is 70.6. The van der Waals surface area contributed by atoms with Crippen molar-refractivity contribution in [3.05, 3.63) is 59.0 Å². The maximum atomic E-state index is 14.1. The van der Waals surface area contributed by atoms with E-state index >= 15 is 0 Å². The number of aromatic nitrogens is 3. The molecular weight excluding hydrogens is 429 g/mol. The zero-order valence-corrected chi connectivity index (χ0v) is 17.7. The van der Waals surface area contributed by atoms with E-state index in [9.17, 15) is 22.0 Å². The lowest BCUT2D eigenvalue weighted by molar-refractivity contribution is -0.137. The summed E-state index contributed by atoms with van der Waals surface area (Å²) in [6, 6.07) is 4.90. The van der Waals surface area contributed by atoms with Crippen molar-refractivity contribution in [1.82, 2.24) is 19.5 Å². The summed E-state index contributed by atoms with van der Waals surface area (Å²) in [7, 11) is 0. The Morgan fingerprint density at radius 1 is 1.00 bits per heavy atom. The maximum absolute atomic E-state index is 14.1. The van der Waals surface area contributed by atoms with Crippen molar-refractivity contribution < 1.29 is 22.0 Å². The zero-order valence-electron chi connectivity index (χ0n) is 17.7. The molecule has 0 bridgehead atoms. The van der Waals surface area contributed by atoms with Crippen LogP contribution in [0.3, 0.4) is 0 Å². The molecule has 0 N–H and O–H groups in total. The predicted molar refractivity (Wildman–Crippen MR) is 110 cm³/mol. The average molecular weight is 453 g/mol. The fourth-order valence-corrected chi connectivity index (χ4v) is 4.11. The van der Waals surface area contributed by atoms with E-state index in [2.05, 4.69) is 10.2 Å². The van der Waals surface area contributed by atoms with Crippen LogP contribution in [0, 0.1) is 11.6 Å². The van der Waals surface area contributed by atoms with Crippen LogP contribution in [0.25, 0.3) is 5.65 Å². The Morgan fingerprint density at radius 3 is 2.41 bits per heavy atom. The number of unbranched alkanes of at least 4 members (excludes halogenated alkanes) is 1. The molecule has 1 saturated heterocycles. The summed E-state index contributed by atoms with van der Waals surface area (Å²) in [5.74, 6) is -0.769. The number of halogens is 5. The van der Waals surface area contributed by atoms with E-state index in [1.807, 2.05) is 11.8 Å². The first kappa shape index (κ1) is 22.4. The van der Waals surface area contributed by atoms with Crippen molar-refractivity contribution in [2.45, 2.75) is 38.9 Å². The Hall–Kier alpha value is -2.75. The maximum Gasteiger partial charge on any atom is 0.420 e. The van der Waals surface area contributed by atoms with Crippen LogP contribution in [0.15, 0.2) is 30.5 Å². The smallest absolute Gasteiger partial charge is 0.367 e. The van der Waals surface area contributed by atoms with Crippen molar-refractivity contribution in [3.8, 4) is 0 Å². The molecule has 0 radical (unpaired) electrons. The van der Waals surface area contributed by atoms with Gasteiger partial charge < -0.3 is 4.90 Å². The third kappa shape index (κ3) is 4.55. The highest BCUT2D eigenvalue weighted by Crippen LogP contribution is 2.35. The summed E-state index contributed by atoms with van der Waals surface area (Å²) in [4.78, 5) is 3.67. The predicted octanol–water partition coefficient (Wildman–Crippen LogP) is 4.69. The minimum absolute atomic E-state index is 0.0994. The Kier molecular flexibility index (Phi) is 6.32. The van der Waals surface area contributed by atoms with Crippen molar-refractivity contribution in [1.29, 1.82) is 0 Å². The fraction of sp³-hybridized carbons (Fsp3) is 0.455. The van der Waals surface area contributed by atoms with Crippen LogP contribution in [-0.4, -0.2) is 45.7 Å². The van der Waals surface area contributed by atoms with Gasteiger partial charge in [0, 0.05) is 51.4 Å². The van der Waals surface area contributed by atoms with Gasteiger partial charge in [-0.25, -0.2) is 8.78 Å². The van der Waals surface area contributed by atoms with E-state index in [1.165, 1.54) is 22.6 Å². The number of alkyl halides is 3. The Labute approximate surface area is 182 Å². The van der Waals surface area contributed by atoms with Crippen LogP contribution >= 0.6 is 0 Å². The quantitative estimate of drug-likeness (QED) is 0.508. The van der Waals surface area contributed by atoms with Crippen LogP contribution in [0.1, 0.15) is 36.7 Å². The largest absolute Gasteiger partial charge is 0.420 e. The molecule has 3 heterocycles. The zero-order chi connectivity index (χ0) is 22.9. The second-order valence-corrected chi connectivity index (χ2v) is 7.99. The van der Waals surface area contributed by atoms with Crippen LogP contribution in [-0.2, 0) is 19.1 Å². The van der Waals surface area contributed by atoms with Gasteiger partial charge >= 0.3 is 6.18 Å². The van der Waals surface area contributed by atoms with Crippen molar-refractivity contribution in [3.63, 3.8) is 0 Å². The lowest BCUT2D eigenvalue weighted by atomic mass is 10.1. The second-order valence-electron chi connectivity index (χ2n) is 7.99. The summed E-state index contributed by atoms with van der Waals surface area (Å²) >= 11 is 0. The highest BCUT2D eigenvalue weighted by atomic mass is 19.4. The van der Waals surface area contributed by atoms with Gasteiger partial charge in [-0.3, -0.25) is 9.30 Å². The van der Waals surface area contributed by atoms with E-state index in [1.54, 1.807) is 11.1 Å². The summed E-state index contributed by atoms with van der Waals surface area (Å²) in [6.07, 6.45) is -0.660. The molecule has 10 heteroatoms. The Balaban J connectivity index is 1.53. The molecule has 0 atom stereocenters. The number of piperazine rings is 1. The van der Waals surface area contributed by atoms with Gasteiger partial charge in [0.1, 0.15) is 23.0 Å². The SMILES string of the molecule is CCCCc1nnc2c(C(F)(F)F)c(CN3CCN(c4ccc(F)cc4F)CC3)ccn12. The highest BCUT2D eigenvalue weighted by molar-refractivity contribution is 5.54. The number of aryl methyl sites for hydroxylation is 1. The van der Waals surface area contributed by atoms with Gasteiger partial charge in [0.05, 0.1) is 5.69 Å². The number of hydrogen-bond acceptors (Lipinski definition) is 4. The molecule has 5 nitrogen and oxygen atoms in total. The standard InChI is InChI=1S/C22H24F5N5/c1-2-3-4-19-28-29-21-20(22(25,26)27)15(7-8-32(19)21)14-30-9-11-31(12-10-30)18-6-5-16(23)13-17(18)24/h5-8,13H,2-4,9-12,14H2,1H3. The summed E-state index contributed by atoms with van der Waals surface area (Å²) in [6.45, 7) is 3.87. The molecule has 2 aromatic heterocycles. The van der Waals surface area contributed by atoms with Gasteiger partial charge in [-0.15, -0.1) is 10.2 Å². The topological polar surface area (TPSA) is 36.7 Å². The van der Waals surface area contributed by atoms with Gasteiger partial charge in [0.2, 0.25) is 0 Å². The Bertz CT molecular complexity index is 1090. The van der Waals surface area contributed by atoms with Gasteiger partial charge in [0.15, 0.2) is 5.65 Å². The van der Waals surface area contributed by atoms with E-state index in [0.29, 0.717) is 44.1 Å². The molecule has 3 aromatic rings. The molecule has 172 valence electrons. The van der Waals surface area contributed by atoms with E-state index in [4.69, 9.17) is 0 Å². The monoisotopic (exact) mass is 453 g/mol. The van der Waals surface area contributed by atoms with Crippen LogP contribution in [0.4, 0.5) is 27.6 Å². The molecule has 32 heavy (non-hydrogen) atoms. The van der Waals surface area contributed by atoms with E-state index in [-0.39, 0.29) is 17.8 Å². The van der Waals surface area contributed by atoms with E-state index < -0.39 is 23.4 Å². The number of rotatable bonds is 6. The van der Waals surface area contributed by atoms with Gasteiger partial charge in [-0.1, -0.05) is 13.3 Å². The molecule has 1 fully saturated rings. The van der Waals surface area contributed by atoms with Crippen molar-refractivity contribution in [2.24, 2.45) is 0 Å². The molecule has 0 spiro atoms. The molecule has 4 rings (SSSR count). The van der Waals surface area contributed by atoms with Gasteiger partial charge in [0.25, 0.3) is 0 Å². The fourth-order valence-electron chi connectivity index (χ4n) is 4.11. The summed E-state index contributed by atoms with van der Waals surface area (Å²) in [5.41, 5.74) is -0.497. The molecule has 1 aromatic carbocycles. The Morgan fingerprint density at radius 2 is 1.75 bits per heavy atom. The molecule has 0 amide bonds. The third-order valence-corrected chi connectivity index (χ3v) is 5.79. The molecule has 1 aliphatic heterocycles. The minimum atomic E-state index is -4.56. The number of benzene rings is 1. The number of nitrogens with zero attached hydrogens (tertiary/aromatic N) is 5. The van der Waals surface area contributed by atoms with Gasteiger partial charge in [-0.2, -0.15) is 13.2 Å². The number of pyridine rings is 1. The summed E-state index contributed by atoms with van der Waals surface area (Å²) in [5, 5.41) is 7.84. The lowest BCUT2D eigenvalue weighted by Crippen LogP contribution is -2.46. The normalized spacial score (nSPS) is 15.6. The first-order valence-corrected chi connectivity index (χ1v) is 10.6. The average Bonchev–Trinajstić information content (AvgIpc) is 3.14. The van der Waals surface area contributed by atoms with E-state index in [0.717, 1.165) is 18.9 Å². The number of fused-ring (bicyclic) bond motifs is 1. The molecule has 1 aliphatic rings.